The zero-order valence-electron chi connectivity index (χ0n) is 20.3. The molecule has 2 aliphatic rings. The fourth-order valence-electron chi connectivity index (χ4n) is 4.64. The maximum absolute atomic E-state index is 14.1. The largest absolute Gasteiger partial charge is 0.358 e. The molecule has 3 nitrogen and oxygen atoms in total. The average molecular weight is 537 g/mol. The predicted molar refractivity (Wildman–Crippen MR) is 144 cm³/mol. The summed E-state index contributed by atoms with van der Waals surface area (Å²) in [5, 5.41) is 0.656. The van der Waals surface area contributed by atoms with Crippen LogP contribution in [0.1, 0.15) is 63.3 Å². The molecule has 7 heteroatoms. The van der Waals surface area contributed by atoms with E-state index >= 15 is 0 Å². The van der Waals surface area contributed by atoms with E-state index in [2.05, 4.69) is 32.3 Å². The molecule has 188 valence electrons. The van der Waals surface area contributed by atoms with Gasteiger partial charge in [-0.3, -0.25) is 4.79 Å². The Kier molecular flexibility index (Phi) is 8.22. The summed E-state index contributed by atoms with van der Waals surface area (Å²) < 4.78 is 20.6. The van der Waals surface area contributed by atoms with Crippen LogP contribution in [-0.4, -0.2) is 33.5 Å². The summed E-state index contributed by atoms with van der Waals surface area (Å²) in [6.07, 6.45) is 3.15. The number of carbonyl (C=O) groups excluding carboxylic acids is 1. The van der Waals surface area contributed by atoms with E-state index in [9.17, 15) is 9.18 Å². The molecular weight excluding hydrogens is 504 g/mol. The van der Waals surface area contributed by atoms with Gasteiger partial charge in [-0.1, -0.05) is 68.2 Å². The Labute approximate surface area is 222 Å². The Morgan fingerprint density at radius 1 is 1.17 bits per heavy atom. The van der Waals surface area contributed by atoms with Gasteiger partial charge in [-0.2, -0.15) is 11.8 Å². The van der Waals surface area contributed by atoms with Crippen molar-refractivity contribution in [1.29, 1.82) is 0 Å². The fourth-order valence-corrected chi connectivity index (χ4v) is 6.06. The van der Waals surface area contributed by atoms with Crippen molar-refractivity contribution in [1.82, 2.24) is 4.90 Å². The van der Waals surface area contributed by atoms with Crippen molar-refractivity contribution >= 4 is 40.9 Å². The molecule has 0 bridgehead atoms. The Morgan fingerprint density at radius 3 is 2.40 bits per heavy atom. The highest BCUT2D eigenvalue weighted by Gasteiger charge is 2.50. The van der Waals surface area contributed by atoms with E-state index in [4.69, 9.17) is 27.9 Å². The normalized spacial score (nSPS) is 23.9. The van der Waals surface area contributed by atoms with Crippen LogP contribution in [0, 0.1) is 11.7 Å². The maximum atomic E-state index is 14.1. The number of rotatable bonds is 8. The maximum Gasteiger partial charge on any atom is 0.252 e. The SMILES string of the molecule is C=CC[C@H]1O[C@H](c2ccc(F)c(Cl)c2)[C@@H](c2ccc(Cl)cc2)N([C@H](CSC(C)(C)C)C2CC2)C1=O. The zero-order chi connectivity index (χ0) is 25.3. The summed E-state index contributed by atoms with van der Waals surface area (Å²) >= 11 is 14.3. The number of nitrogens with zero attached hydrogens (tertiary/aromatic N) is 1. The lowest BCUT2D eigenvalue weighted by molar-refractivity contribution is -0.178. The molecule has 0 unspecified atom stereocenters. The molecule has 1 saturated heterocycles. The standard InChI is InChI=1S/C28H32Cl2FNO2S/c1-5-6-24-27(33)32(23(17-7-8-17)16-35-28(2,3)4)25(18-9-12-20(29)13-10-18)26(34-24)19-11-14-22(31)21(30)15-19/h5,9-15,17,23-26H,1,6-8,16H2,2-4H3/t23-,24-,25-,26-/m1/s1. The first kappa shape index (κ1) is 26.5. The number of thioether (sulfide) groups is 1. The van der Waals surface area contributed by atoms with Crippen LogP contribution >= 0.6 is 35.0 Å². The minimum Gasteiger partial charge on any atom is -0.358 e. The average Bonchev–Trinajstić information content (AvgIpc) is 3.63. The van der Waals surface area contributed by atoms with Crippen molar-refractivity contribution in [2.75, 3.05) is 5.75 Å². The van der Waals surface area contributed by atoms with Crippen LogP contribution in [0.4, 0.5) is 4.39 Å². The lowest BCUT2D eigenvalue weighted by Crippen LogP contribution is -2.56. The molecule has 4 rings (SSSR count). The molecule has 1 aliphatic heterocycles. The Bertz CT molecular complexity index is 1070. The molecule has 2 fully saturated rings. The molecule has 0 aromatic heterocycles. The van der Waals surface area contributed by atoms with Crippen LogP contribution in [0.5, 0.6) is 0 Å². The molecule has 0 spiro atoms. The number of hydrogen-bond acceptors (Lipinski definition) is 3. The van der Waals surface area contributed by atoms with Crippen molar-refractivity contribution in [2.45, 2.75) is 69.1 Å². The van der Waals surface area contributed by atoms with Crippen LogP contribution in [0.15, 0.2) is 55.1 Å². The van der Waals surface area contributed by atoms with Gasteiger partial charge >= 0.3 is 0 Å². The van der Waals surface area contributed by atoms with E-state index < -0.39 is 24.1 Å². The molecule has 0 N–H and O–H groups in total. The molecular formula is C28H32Cl2FNO2S. The first-order chi connectivity index (χ1) is 16.6. The van der Waals surface area contributed by atoms with Gasteiger partial charge in [0.1, 0.15) is 18.0 Å². The smallest absolute Gasteiger partial charge is 0.252 e. The highest BCUT2D eigenvalue weighted by atomic mass is 35.5. The molecule has 1 amide bonds. The van der Waals surface area contributed by atoms with Crippen LogP contribution < -0.4 is 0 Å². The van der Waals surface area contributed by atoms with E-state index in [1.807, 2.05) is 36.0 Å². The number of morpholine rings is 1. The summed E-state index contributed by atoms with van der Waals surface area (Å²) in [6.45, 7) is 10.4. The van der Waals surface area contributed by atoms with Crippen molar-refractivity contribution in [3.63, 3.8) is 0 Å². The van der Waals surface area contributed by atoms with Crippen molar-refractivity contribution in [2.24, 2.45) is 5.92 Å². The highest BCUT2D eigenvalue weighted by Crippen LogP contribution is 2.49. The van der Waals surface area contributed by atoms with Gasteiger partial charge in [-0.05, 0) is 54.2 Å². The molecule has 1 saturated carbocycles. The number of halogens is 3. The number of carbonyl (C=O) groups is 1. The second-order valence-corrected chi connectivity index (χ2v) is 13.0. The summed E-state index contributed by atoms with van der Waals surface area (Å²) in [4.78, 5) is 16.0. The van der Waals surface area contributed by atoms with E-state index in [-0.39, 0.29) is 21.7 Å². The van der Waals surface area contributed by atoms with E-state index in [1.165, 1.54) is 6.07 Å². The van der Waals surface area contributed by atoms with Gasteiger partial charge in [0.2, 0.25) is 0 Å². The Morgan fingerprint density at radius 2 is 1.83 bits per heavy atom. The number of benzene rings is 2. The van der Waals surface area contributed by atoms with Crippen LogP contribution in [-0.2, 0) is 9.53 Å². The van der Waals surface area contributed by atoms with Gasteiger partial charge in [0, 0.05) is 28.0 Å². The minimum absolute atomic E-state index is 0.0271. The summed E-state index contributed by atoms with van der Waals surface area (Å²) in [5.41, 5.74) is 1.66. The van der Waals surface area contributed by atoms with Crippen LogP contribution in [0.3, 0.4) is 0 Å². The quantitative estimate of drug-likeness (QED) is 0.320. The summed E-state index contributed by atoms with van der Waals surface area (Å²) in [6, 6.07) is 11.9. The van der Waals surface area contributed by atoms with Crippen molar-refractivity contribution < 1.29 is 13.9 Å². The third-order valence-corrected chi connectivity index (χ3v) is 8.42. The third-order valence-electron chi connectivity index (χ3n) is 6.50. The van der Waals surface area contributed by atoms with E-state index in [1.54, 1.807) is 18.2 Å². The van der Waals surface area contributed by atoms with E-state index in [0.717, 1.165) is 29.7 Å². The first-order valence-electron chi connectivity index (χ1n) is 12.0. The lowest BCUT2D eigenvalue weighted by atomic mass is 9.89. The molecule has 35 heavy (non-hydrogen) atoms. The lowest BCUT2D eigenvalue weighted by Gasteiger charge is -2.48. The molecule has 1 heterocycles. The molecule has 2 aromatic carbocycles. The van der Waals surface area contributed by atoms with Gasteiger partial charge in [-0.15, -0.1) is 6.58 Å². The first-order valence-corrected chi connectivity index (χ1v) is 13.8. The molecule has 4 atom stereocenters. The van der Waals surface area contributed by atoms with Gasteiger partial charge in [0.25, 0.3) is 5.91 Å². The minimum atomic E-state index is -0.661. The molecule has 1 aliphatic carbocycles. The number of hydrogen-bond donors (Lipinski definition) is 0. The van der Waals surface area contributed by atoms with Crippen molar-refractivity contribution in [3.8, 4) is 0 Å². The molecule has 0 radical (unpaired) electrons. The van der Waals surface area contributed by atoms with Crippen molar-refractivity contribution in [3.05, 3.63) is 82.1 Å². The third kappa shape index (κ3) is 6.25. The highest BCUT2D eigenvalue weighted by molar-refractivity contribution is 8.00. The van der Waals surface area contributed by atoms with Crippen LogP contribution in [0.2, 0.25) is 10.0 Å². The fraction of sp³-hybridized carbons (Fsp3) is 0.464. The Hall–Kier alpha value is -1.53. The van der Waals surface area contributed by atoms with Gasteiger partial charge < -0.3 is 9.64 Å². The monoisotopic (exact) mass is 535 g/mol. The van der Waals surface area contributed by atoms with Crippen LogP contribution in [0.25, 0.3) is 0 Å². The Balaban J connectivity index is 1.84. The van der Waals surface area contributed by atoms with Gasteiger partial charge in [0.05, 0.1) is 11.1 Å². The number of amides is 1. The molecule has 2 aromatic rings. The van der Waals surface area contributed by atoms with Gasteiger partial charge in [-0.25, -0.2) is 4.39 Å². The summed E-state index contributed by atoms with van der Waals surface area (Å²) in [7, 11) is 0. The number of ether oxygens (including phenoxy) is 1. The predicted octanol–water partition coefficient (Wildman–Crippen LogP) is 8.03. The summed E-state index contributed by atoms with van der Waals surface area (Å²) in [5.74, 6) is 0.772. The van der Waals surface area contributed by atoms with Gasteiger partial charge in [0.15, 0.2) is 0 Å². The zero-order valence-corrected chi connectivity index (χ0v) is 22.7. The topological polar surface area (TPSA) is 29.5 Å². The second kappa shape index (κ2) is 10.8. The van der Waals surface area contributed by atoms with E-state index in [0.29, 0.717) is 17.4 Å². The second-order valence-electron chi connectivity index (χ2n) is 10.3.